The van der Waals surface area contributed by atoms with Gasteiger partial charge in [0.15, 0.2) is 0 Å². The molecular formula is C30H26N2O3. The van der Waals surface area contributed by atoms with E-state index in [0.29, 0.717) is 28.3 Å². The third-order valence-corrected chi connectivity index (χ3v) is 5.58. The number of benzene rings is 4. The van der Waals surface area contributed by atoms with E-state index in [0.717, 1.165) is 23.8 Å². The van der Waals surface area contributed by atoms with Crippen molar-refractivity contribution in [2.45, 2.75) is 26.2 Å². The van der Waals surface area contributed by atoms with Crippen LogP contribution in [0.15, 0.2) is 107 Å². The number of carbonyl (C=O) groups excluding carboxylic acids is 2. The summed E-state index contributed by atoms with van der Waals surface area (Å²) in [5, 5.41) is 8.31. The zero-order valence-corrected chi connectivity index (χ0v) is 19.6. The van der Waals surface area contributed by atoms with E-state index in [1.807, 2.05) is 12.1 Å². The molecule has 0 radical (unpaired) electrons. The Balaban J connectivity index is 1.35. The van der Waals surface area contributed by atoms with Crippen LogP contribution in [0.2, 0.25) is 0 Å². The number of carbonyl (C=O) groups is 2. The molecule has 0 spiro atoms. The van der Waals surface area contributed by atoms with Crippen LogP contribution in [0, 0.1) is 0 Å². The highest BCUT2D eigenvalue weighted by atomic mass is 16.5. The summed E-state index contributed by atoms with van der Waals surface area (Å²) in [7, 11) is 0. The maximum Gasteiger partial charge on any atom is 0.343 e. The molecule has 0 aliphatic carbocycles. The fourth-order valence-corrected chi connectivity index (χ4v) is 3.53. The van der Waals surface area contributed by atoms with Gasteiger partial charge < -0.3 is 4.74 Å². The first kappa shape index (κ1) is 23.8. The molecule has 0 fully saturated rings. The molecule has 0 bridgehead atoms. The van der Waals surface area contributed by atoms with E-state index in [9.17, 15) is 9.59 Å². The van der Waals surface area contributed by atoms with Gasteiger partial charge in [-0.05, 0) is 90.2 Å². The second-order valence-corrected chi connectivity index (χ2v) is 8.17. The van der Waals surface area contributed by atoms with Gasteiger partial charge in [0.05, 0.1) is 16.9 Å². The quantitative estimate of drug-likeness (QED) is 0.109. The molecule has 0 amide bonds. The third-order valence-electron chi connectivity index (χ3n) is 5.58. The Morgan fingerprint density at radius 2 is 1.29 bits per heavy atom. The minimum atomic E-state index is -0.420. The van der Waals surface area contributed by atoms with Crippen LogP contribution in [0.4, 0.5) is 11.4 Å². The van der Waals surface area contributed by atoms with E-state index in [-0.39, 0.29) is 0 Å². The number of hydrogen-bond acceptors (Lipinski definition) is 5. The van der Waals surface area contributed by atoms with Crippen molar-refractivity contribution in [3.63, 3.8) is 0 Å². The number of nitrogens with zero attached hydrogens (tertiary/aromatic N) is 2. The Kier molecular flexibility index (Phi) is 7.92. The summed E-state index contributed by atoms with van der Waals surface area (Å²) in [6.45, 7) is 2.20. The van der Waals surface area contributed by atoms with Gasteiger partial charge in [-0.3, -0.25) is 4.79 Å². The molecule has 0 aliphatic heterocycles. The Bertz CT molecular complexity index is 1290. The van der Waals surface area contributed by atoms with Gasteiger partial charge in [-0.15, -0.1) is 0 Å². The van der Waals surface area contributed by atoms with E-state index in [4.69, 9.17) is 4.74 Å². The topological polar surface area (TPSA) is 68.1 Å². The Morgan fingerprint density at radius 3 is 1.83 bits per heavy atom. The van der Waals surface area contributed by atoms with E-state index in [1.54, 1.807) is 60.7 Å². The molecule has 0 N–H and O–H groups in total. The Hall–Kier alpha value is -4.38. The monoisotopic (exact) mass is 462 g/mol. The molecule has 174 valence electrons. The summed E-state index contributed by atoms with van der Waals surface area (Å²) < 4.78 is 5.50. The van der Waals surface area contributed by atoms with E-state index in [1.165, 1.54) is 18.4 Å². The normalized spacial score (nSPS) is 10.9. The highest BCUT2D eigenvalue weighted by Gasteiger charge is 2.09. The van der Waals surface area contributed by atoms with E-state index < -0.39 is 5.97 Å². The highest BCUT2D eigenvalue weighted by Crippen LogP contribution is 2.24. The molecule has 0 saturated heterocycles. The first-order valence-corrected chi connectivity index (χ1v) is 11.6. The van der Waals surface area contributed by atoms with E-state index in [2.05, 4.69) is 41.4 Å². The minimum absolute atomic E-state index is 0.420. The number of azo groups is 1. The van der Waals surface area contributed by atoms with Gasteiger partial charge >= 0.3 is 5.97 Å². The molecule has 0 heterocycles. The van der Waals surface area contributed by atoms with E-state index >= 15 is 0 Å². The molecule has 4 aromatic rings. The first-order chi connectivity index (χ1) is 17.1. The van der Waals surface area contributed by atoms with Gasteiger partial charge in [0.25, 0.3) is 0 Å². The largest absolute Gasteiger partial charge is 0.423 e. The molecule has 35 heavy (non-hydrogen) atoms. The number of hydrogen-bond donors (Lipinski definition) is 0. The van der Waals surface area contributed by atoms with Gasteiger partial charge in [-0.2, -0.15) is 10.2 Å². The fraction of sp³-hybridized carbons (Fsp3) is 0.133. The second kappa shape index (κ2) is 11.7. The van der Waals surface area contributed by atoms with Crippen molar-refractivity contribution in [2.75, 3.05) is 0 Å². The lowest BCUT2D eigenvalue weighted by Gasteiger charge is -2.07. The predicted molar refractivity (Wildman–Crippen MR) is 138 cm³/mol. The number of aldehydes is 1. The number of aryl methyl sites for hydroxylation is 1. The average molecular weight is 463 g/mol. The minimum Gasteiger partial charge on any atom is -0.423 e. The van der Waals surface area contributed by atoms with Crippen molar-refractivity contribution < 1.29 is 14.3 Å². The Labute approximate surface area is 205 Å². The molecule has 4 aromatic carbocycles. The zero-order valence-electron chi connectivity index (χ0n) is 19.6. The van der Waals surface area contributed by atoms with Crippen LogP contribution < -0.4 is 4.74 Å². The number of esters is 1. The van der Waals surface area contributed by atoms with Crippen LogP contribution in [-0.2, 0) is 6.42 Å². The SMILES string of the molecule is CCCCc1ccc(-c2ccc(C(=O)Oc3ccc(N=Nc4ccc(C=O)cc4)cc3)cc2)cc1. The van der Waals surface area contributed by atoms with Crippen LogP contribution >= 0.6 is 0 Å². The van der Waals surface area contributed by atoms with Crippen molar-refractivity contribution in [1.29, 1.82) is 0 Å². The zero-order chi connectivity index (χ0) is 24.5. The summed E-state index contributed by atoms with van der Waals surface area (Å²) in [5.41, 5.74) is 5.85. The van der Waals surface area contributed by atoms with Gasteiger partial charge in [-0.1, -0.05) is 49.7 Å². The molecule has 5 heteroatoms. The van der Waals surface area contributed by atoms with Crippen LogP contribution in [0.5, 0.6) is 5.75 Å². The number of rotatable bonds is 9. The maximum absolute atomic E-state index is 12.6. The molecular weight excluding hydrogens is 436 g/mol. The van der Waals surface area contributed by atoms with Gasteiger partial charge in [0.2, 0.25) is 0 Å². The summed E-state index contributed by atoms with van der Waals surface area (Å²) in [6.07, 6.45) is 4.26. The summed E-state index contributed by atoms with van der Waals surface area (Å²) in [4.78, 5) is 23.3. The molecule has 0 aromatic heterocycles. The standard InChI is InChI=1S/C30H26N2O3/c1-2-3-4-22-5-9-24(10-6-22)25-11-13-26(14-12-25)30(34)35-29-19-17-28(18-20-29)32-31-27-15-7-23(21-33)8-16-27/h5-21H,2-4H2,1H3. The van der Waals surface area contributed by atoms with Crippen LogP contribution in [-0.4, -0.2) is 12.3 Å². The molecule has 0 aliphatic rings. The maximum atomic E-state index is 12.6. The van der Waals surface area contributed by atoms with Gasteiger partial charge in [0, 0.05) is 5.56 Å². The van der Waals surface area contributed by atoms with Crippen LogP contribution in [0.25, 0.3) is 11.1 Å². The van der Waals surface area contributed by atoms with Gasteiger partial charge in [0.1, 0.15) is 12.0 Å². The van der Waals surface area contributed by atoms with Crippen molar-refractivity contribution in [3.8, 4) is 16.9 Å². The number of unbranched alkanes of at least 4 members (excludes halogenated alkanes) is 1. The van der Waals surface area contributed by atoms with Crippen molar-refractivity contribution >= 4 is 23.6 Å². The lowest BCUT2D eigenvalue weighted by molar-refractivity contribution is 0.0734. The molecule has 0 unspecified atom stereocenters. The van der Waals surface area contributed by atoms with Crippen LogP contribution in [0.3, 0.4) is 0 Å². The summed E-state index contributed by atoms with van der Waals surface area (Å²) in [5.74, 6) is 0.00661. The molecule has 5 nitrogen and oxygen atoms in total. The molecule has 4 rings (SSSR count). The summed E-state index contributed by atoms with van der Waals surface area (Å²) >= 11 is 0. The fourth-order valence-electron chi connectivity index (χ4n) is 3.53. The van der Waals surface area contributed by atoms with Crippen molar-refractivity contribution in [3.05, 3.63) is 114 Å². The lowest BCUT2D eigenvalue weighted by Crippen LogP contribution is -2.08. The predicted octanol–water partition coefficient (Wildman–Crippen LogP) is 8.14. The average Bonchev–Trinajstić information content (AvgIpc) is 2.92. The van der Waals surface area contributed by atoms with Crippen molar-refractivity contribution in [1.82, 2.24) is 0 Å². The third kappa shape index (κ3) is 6.58. The first-order valence-electron chi connectivity index (χ1n) is 11.6. The smallest absolute Gasteiger partial charge is 0.343 e. The molecule has 0 atom stereocenters. The second-order valence-electron chi connectivity index (χ2n) is 8.17. The van der Waals surface area contributed by atoms with Crippen molar-refractivity contribution in [2.24, 2.45) is 10.2 Å². The highest BCUT2D eigenvalue weighted by molar-refractivity contribution is 5.91. The lowest BCUT2D eigenvalue weighted by atomic mass is 10.0. The number of ether oxygens (including phenoxy) is 1. The molecule has 0 saturated carbocycles. The van der Waals surface area contributed by atoms with Crippen LogP contribution in [0.1, 0.15) is 46.0 Å². The van der Waals surface area contributed by atoms with Gasteiger partial charge in [-0.25, -0.2) is 4.79 Å². The summed E-state index contributed by atoms with van der Waals surface area (Å²) in [6, 6.07) is 29.6. The Morgan fingerprint density at radius 1 is 0.743 bits per heavy atom.